The average Bonchev–Trinajstić information content (AvgIpc) is 3.44. The zero-order valence-electron chi connectivity index (χ0n) is 24.2. The second kappa shape index (κ2) is 13.2. The number of benzene rings is 3. The van der Waals surface area contributed by atoms with E-state index in [4.69, 9.17) is 26.6 Å². The summed E-state index contributed by atoms with van der Waals surface area (Å²) in [6.45, 7) is 1.98. The maximum atomic E-state index is 6.16. The summed E-state index contributed by atoms with van der Waals surface area (Å²) in [4.78, 5) is 18.1. The first-order valence-electron chi connectivity index (χ1n) is 14.8. The average molecular weight is 597 g/mol. The highest BCUT2D eigenvalue weighted by Crippen LogP contribution is 2.35. The van der Waals surface area contributed by atoms with Crippen LogP contribution in [0.25, 0.3) is 32.7 Å². The first kappa shape index (κ1) is 28.6. The van der Waals surface area contributed by atoms with Crippen molar-refractivity contribution in [1.82, 2.24) is 20.3 Å². The Morgan fingerprint density at radius 2 is 1.57 bits per heavy atom. The summed E-state index contributed by atoms with van der Waals surface area (Å²) in [6, 6.07) is 27.1. The van der Waals surface area contributed by atoms with Crippen LogP contribution in [-0.2, 0) is 6.42 Å². The summed E-state index contributed by atoms with van der Waals surface area (Å²) in [5, 5.41) is 10.3. The molecule has 0 radical (unpaired) electrons. The maximum Gasteiger partial charge on any atom is 0.225 e. The first-order chi connectivity index (χ1) is 20.5. The molecule has 0 unspecified atom stereocenters. The standard InChI is InChI=1S/C34H37ClN6S/c1-41(2)32-28-10-6-7-11-29(28)38-34(40-32)37-27-18-12-23(13-19-27)22-36-21-20-30-31(24-14-16-26(35)17-15-24)39-33(42-30)25-8-4-3-5-9-25/h3-11,14-17,23,27,36H,12-13,18-22H2,1-2H3,(H,37,38,40)/t23-,27+. The monoisotopic (exact) mass is 596 g/mol. The van der Waals surface area contributed by atoms with Gasteiger partial charge in [-0.3, -0.25) is 0 Å². The molecule has 0 spiro atoms. The Balaban J connectivity index is 1.03. The molecule has 2 N–H and O–H groups in total. The van der Waals surface area contributed by atoms with Crippen molar-refractivity contribution in [3.63, 3.8) is 0 Å². The van der Waals surface area contributed by atoms with Crippen LogP contribution in [0.1, 0.15) is 30.6 Å². The number of halogens is 1. The van der Waals surface area contributed by atoms with Gasteiger partial charge in [0, 0.05) is 53.1 Å². The number of aromatic nitrogens is 3. The van der Waals surface area contributed by atoms with Crippen LogP contribution in [0.15, 0.2) is 78.9 Å². The Kier molecular flexibility index (Phi) is 8.98. The number of fused-ring (bicyclic) bond motifs is 1. The van der Waals surface area contributed by atoms with Gasteiger partial charge in [0.15, 0.2) is 0 Å². The van der Waals surface area contributed by atoms with Crippen molar-refractivity contribution in [1.29, 1.82) is 0 Å². The van der Waals surface area contributed by atoms with E-state index in [2.05, 4.69) is 64.1 Å². The predicted octanol–water partition coefficient (Wildman–Crippen LogP) is 7.94. The molecule has 0 atom stereocenters. The second-order valence-corrected chi connectivity index (χ2v) is 12.8. The fourth-order valence-electron chi connectivity index (χ4n) is 5.73. The summed E-state index contributed by atoms with van der Waals surface area (Å²) in [7, 11) is 4.07. The summed E-state index contributed by atoms with van der Waals surface area (Å²) in [5.41, 5.74) is 4.32. The molecular formula is C34H37ClN6S. The van der Waals surface area contributed by atoms with E-state index in [0.717, 1.165) is 81.9 Å². The van der Waals surface area contributed by atoms with E-state index in [1.54, 1.807) is 11.3 Å². The summed E-state index contributed by atoms with van der Waals surface area (Å²) >= 11 is 7.96. The van der Waals surface area contributed by atoms with E-state index in [-0.39, 0.29) is 0 Å². The van der Waals surface area contributed by atoms with Gasteiger partial charge < -0.3 is 15.5 Å². The highest BCUT2D eigenvalue weighted by molar-refractivity contribution is 7.15. The molecule has 1 saturated carbocycles. The van der Waals surface area contributed by atoms with E-state index in [1.807, 2.05) is 44.4 Å². The number of hydrogen-bond donors (Lipinski definition) is 2. The van der Waals surface area contributed by atoms with E-state index in [0.29, 0.717) is 12.0 Å². The highest BCUT2D eigenvalue weighted by Gasteiger charge is 2.22. The minimum Gasteiger partial charge on any atom is -0.362 e. The molecule has 8 heteroatoms. The van der Waals surface area contributed by atoms with Crippen LogP contribution in [0, 0.1) is 5.92 Å². The zero-order valence-corrected chi connectivity index (χ0v) is 25.8. The van der Waals surface area contributed by atoms with Crippen molar-refractivity contribution >= 4 is 45.6 Å². The van der Waals surface area contributed by atoms with Crippen LogP contribution in [0.2, 0.25) is 5.02 Å². The van der Waals surface area contributed by atoms with Gasteiger partial charge in [0.05, 0.1) is 11.2 Å². The molecular weight excluding hydrogens is 560 g/mol. The molecule has 1 aliphatic rings. The normalized spacial score (nSPS) is 16.9. The second-order valence-electron chi connectivity index (χ2n) is 11.3. The lowest BCUT2D eigenvalue weighted by Gasteiger charge is -2.29. The van der Waals surface area contributed by atoms with Gasteiger partial charge in [-0.1, -0.05) is 66.2 Å². The third-order valence-corrected chi connectivity index (χ3v) is 9.40. The third kappa shape index (κ3) is 6.75. The molecule has 216 valence electrons. The SMILES string of the molecule is CN(C)c1nc(N[C@H]2CC[C@@H](CNCCc3sc(-c4ccccc4)nc3-c3ccc(Cl)cc3)CC2)nc2ccccc12. The molecule has 42 heavy (non-hydrogen) atoms. The van der Waals surface area contributed by atoms with Crippen molar-refractivity contribution in [3.05, 3.63) is 88.8 Å². The van der Waals surface area contributed by atoms with E-state index in [1.165, 1.54) is 17.7 Å². The summed E-state index contributed by atoms with van der Waals surface area (Å²) < 4.78 is 0. The number of rotatable bonds is 10. The number of nitrogens with zero attached hydrogens (tertiary/aromatic N) is 4. The lowest BCUT2D eigenvalue weighted by Crippen LogP contribution is -2.32. The number of nitrogens with one attached hydrogen (secondary N) is 2. The molecule has 2 aromatic heterocycles. The minimum atomic E-state index is 0.410. The molecule has 1 fully saturated rings. The van der Waals surface area contributed by atoms with Gasteiger partial charge in [-0.25, -0.2) is 9.97 Å². The molecule has 3 aromatic carbocycles. The van der Waals surface area contributed by atoms with Crippen LogP contribution in [0.4, 0.5) is 11.8 Å². The molecule has 1 aliphatic carbocycles. The summed E-state index contributed by atoms with van der Waals surface area (Å²) in [6.07, 6.45) is 5.62. The number of anilines is 2. The van der Waals surface area contributed by atoms with Gasteiger partial charge in [-0.05, 0) is 68.8 Å². The molecule has 0 amide bonds. The number of para-hydroxylation sites is 1. The Labute approximate surface area is 257 Å². The van der Waals surface area contributed by atoms with Crippen molar-refractivity contribution in [2.24, 2.45) is 5.92 Å². The molecule has 6 rings (SSSR count). The van der Waals surface area contributed by atoms with Crippen LogP contribution in [-0.4, -0.2) is 48.2 Å². The Bertz CT molecular complexity index is 1610. The van der Waals surface area contributed by atoms with Gasteiger partial charge in [-0.2, -0.15) is 4.98 Å². The molecule has 0 bridgehead atoms. The van der Waals surface area contributed by atoms with Crippen LogP contribution >= 0.6 is 22.9 Å². The van der Waals surface area contributed by atoms with Crippen molar-refractivity contribution in [2.75, 3.05) is 37.4 Å². The van der Waals surface area contributed by atoms with E-state index in [9.17, 15) is 0 Å². The van der Waals surface area contributed by atoms with Crippen LogP contribution in [0.5, 0.6) is 0 Å². The topological polar surface area (TPSA) is 66.0 Å². The zero-order chi connectivity index (χ0) is 28.9. The minimum absolute atomic E-state index is 0.410. The van der Waals surface area contributed by atoms with Crippen LogP contribution in [0.3, 0.4) is 0 Å². The van der Waals surface area contributed by atoms with E-state index < -0.39 is 0 Å². The lowest BCUT2D eigenvalue weighted by molar-refractivity contribution is 0.325. The fraction of sp³-hybridized carbons (Fsp3) is 0.324. The van der Waals surface area contributed by atoms with Gasteiger partial charge in [0.1, 0.15) is 10.8 Å². The first-order valence-corrected chi connectivity index (χ1v) is 16.0. The Morgan fingerprint density at radius 1 is 0.833 bits per heavy atom. The predicted molar refractivity (Wildman–Crippen MR) is 178 cm³/mol. The molecule has 2 heterocycles. The van der Waals surface area contributed by atoms with Gasteiger partial charge >= 0.3 is 0 Å². The molecule has 0 aliphatic heterocycles. The van der Waals surface area contributed by atoms with Crippen molar-refractivity contribution in [3.8, 4) is 21.8 Å². The molecule has 0 saturated heterocycles. The van der Waals surface area contributed by atoms with Crippen molar-refractivity contribution in [2.45, 2.75) is 38.1 Å². The molecule has 6 nitrogen and oxygen atoms in total. The number of hydrogen-bond acceptors (Lipinski definition) is 7. The third-order valence-electron chi connectivity index (χ3n) is 7.98. The van der Waals surface area contributed by atoms with Crippen molar-refractivity contribution < 1.29 is 0 Å². The Morgan fingerprint density at radius 3 is 2.33 bits per heavy atom. The van der Waals surface area contributed by atoms with Gasteiger partial charge in [0.25, 0.3) is 0 Å². The number of thiazole rings is 1. The van der Waals surface area contributed by atoms with Gasteiger partial charge in [-0.15, -0.1) is 11.3 Å². The maximum absolute atomic E-state index is 6.16. The Hall–Kier alpha value is -3.52. The fourth-order valence-corrected chi connectivity index (χ4v) is 6.94. The van der Waals surface area contributed by atoms with E-state index >= 15 is 0 Å². The van der Waals surface area contributed by atoms with Crippen LogP contribution < -0.4 is 15.5 Å². The highest BCUT2D eigenvalue weighted by atomic mass is 35.5. The lowest BCUT2D eigenvalue weighted by atomic mass is 9.86. The van der Waals surface area contributed by atoms with Gasteiger partial charge in [0.2, 0.25) is 5.95 Å². The smallest absolute Gasteiger partial charge is 0.225 e. The largest absolute Gasteiger partial charge is 0.362 e. The summed E-state index contributed by atoms with van der Waals surface area (Å²) in [5.74, 6) is 2.38. The molecule has 5 aromatic rings. The quantitative estimate of drug-likeness (QED) is 0.160.